The summed E-state index contributed by atoms with van der Waals surface area (Å²) in [6, 6.07) is 5.41. The Morgan fingerprint density at radius 2 is 2.08 bits per heavy atom. The minimum atomic E-state index is -0.574. The molecule has 0 aromatic heterocycles. The summed E-state index contributed by atoms with van der Waals surface area (Å²) in [4.78, 5) is 37.9. The number of carbonyl (C=O) groups excluding carboxylic acids is 3. The summed E-state index contributed by atoms with van der Waals surface area (Å²) < 4.78 is 0. The van der Waals surface area contributed by atoms with Crippen LogP contribution < -0.4 is 16.4 Å². The third-order valence-electron chi connectivity index (χ3n) is 5.81. The van der Waals surface area contributed by atoms with Crippen molar-refractivity contribution in [2.75, 3.05) is 0 Å². The molecule has 1 aromatic rings. The van der Waals surface area contributed by atoms with Gasteiger partial charge in [0.2, 0.25) is 11.8 Å². The van der Waals surface area contributed by atoms with E-state index in [-0.39, 0.29) is 35.7 Å². The first-order chi connectivity index (χ1) is 12.4. The fourth-order valence-electron chi connectivity index (χ4n) is 4.37. The van der Waals surface area contributed by atoms with Crippen LogP contribution in [0.3, 0.4) is 0 Å². The second-order valence-corrected chi connectivity index (χ2v) is 7.93. The van der Waals surface area contributed by atoms with Crippen LogP contribution in [0.5, 0.6) is 0 Å². The summed E-state index contributed by atoms with van der Waals surface area (Å²) >= 11 is 0. The van der Waals surface area contributed by atoms with Crippen LogP contribution in [0, 0.1) is 0 Å². The second kappa shape index (κ2) is 6.17. The van der Waals surface area contributed by atoms with Gasteiger partial charge in [-0.1, -0.05) is 12.1 Å². The zero-order chi connectivity index (χ0) is 18.5. The molecule has 7 heteroatoms. The van der Waals surface area contributed by atoms with Crippen molar-refractivity contribution in [1.29, 1.82) is 0 Å². The smallest absolute Gasteiger partial charge is 0.255 e. The SMILES string of the molecule is CC1(NCc2cccc3c2CN(C2CCC(=O)NC2=O)C3=O)CC(N)C1. The first-order valence-electron chi connectivity index (χ1n) is 9.12. The predicted molar refractivity (Wildman–Crippen MR) is 94.9 cm³/mol. The average molecular weight is 356 g/mol. The van der Waals surface area contributed by atoms with Crippen molar-refractivity contribution in [3.63, 3.8) is 0 Å². The number of amides is 3. The quantitative estimate of drug-likeness (QED) is 0.678. The van der Waals surface area contributed by atoms with E-state index in [1.165, 1.54) is 0 Å². The standard InChI is InChI=1S/C19H24N4O3/c1-19(7-12(20)8-19)21-9-11-3-2-4-13-14(11)10-23(18(13)26)15-5-6-16(24)22-17(15)25/h2-4,12,15,21H,5-10,20H2,1H3,(H,22,24,25). The molecule has 0 radical (unpaired) electrons. The van der Waals surface area contributed by atoms with Gasteiger partial charge >= 0.3 is 0 Å². The van der Waals surface area contributed by atoms with Crippen molar-refractivity contribution in [2.24, 2.45) is 5.73 Å². The van der Waals surface area contributed by atoms with Crippen molar-refractivity contribution in [1.82, 2.24) is 15.5 Å². The fourth-order valence-corrected chi connectivity index (χ4v) is 4.37. The monoisotopic (exact) mass is 356 g/mol. The molecule has 1 atom stereocenters. The molecule has 4 N–H and O–H groups in total. The zero-order valence-corrected chi connectivity index (χ0v) is 14.9. The number of hydrogen-bond acceptors (Lipinski definition) is 5. The Kier molecular flexibility index (Phi) is 4.08. The highest BCUT2D eigenvalue weighted by Crippen LogP contribution is 2.33. The fraction of sp³-hybridized carbons (Fsp3) is 0.526. The summed E-state index contributed by atoms with van der Waals surface area (Å²) in [7, 11) is 0. The summed E-state index contributed by atoms with van der Waals surface area (Å²) in [5.74, 6) is -0.779. The van der Waals surface area contributed by atoms with E-state index in [0.717, 1.165) is 24.0 Å². The lowest BCUT2D eigenvalue weighted by Crippen LogP contribution is -2.58. The number of rotatable bonds is 4. The number of benzene rings is 1. The van der Waals surface area contributed by atoms with Gasteiger partial charge in [-0.15, -0.1) is 0 Å². The third-order valence-corrected chi connectivity index (χ3v) is 5.81. The summed E-state index contributed by atoms with van der Waals surface area (Å²) in [5, 5.41) is 5.90. The van der Waals surface area contributed by atoms with Gasteiger partial charge in [0.15, 0.2) is 0 Å². The minimum absolute atomic E-state index is 0.0497. The molecule has 2 aliphatic heterocycles. The van der Waals surface area contributed by atoms with Crippen molar-refractivity contribution in [3.8, 4) is 0 Å². The molecule has 3 aliphatic rings. The summed E-state index contributed by atoms with van der Waals surface area (Å²) in [6.07, 6.45) is 2.55. The maximum absolute atomic E-state index is 12.8. The van der Waals surface area contributed by atoms with Gasteiger partial charge in [-0.05, 0) is 43.4 Å². The molecule has 1 aromatic carbocycles. The first-order valence-corrected chi connectivity index (χ1v) is 9.12. The molecular formula is C19H24N4O3. The molecule has 1 unspecified atom stereocenters. The summed E-state index contributed by atoms with van der Waals surface area (Å²) in [6.45, 7) is 3.25. The number of carbonyl (C=O) groups is 3. The summed E-state index contributed by atoms with van der Waals surface area (Å²) in [5.41, 5.74) is 8.66. The molecule has 2 fully saturated rings. The van der Waals surface area contributed by atoms with Gasteiger partial charge in [0, 0.05) is 36.7 Å². The number of nitrogens with zero attached hydrogens (tertiary/aromatic N) is 1. The van der Waals surface area contributed by atoms with Gasteiger partial charge in [-0.2, -0.15) is 0 Å². The van der Waals surface area contributed by atoms with Crippen molar-refractivity contribution in [3.05, 3.63) is 34.9 Å². The van der Waals surface area contributed by atoms with Crippen molar-refractivity contribution < 1.29 is 14.4 Å². The molecule has 1 saturated heterocycles. The largest absolute Gasteiger partial charge is 0.328 e. The van der Waals surface area contributed by atoms with Crippen molar-refractivity contribution >= 4 is 17.7 Å². The Labute approximate surface area is 152 Å². The molecule has 0 spiro atoms. The van der Waals surface area contributed by atoms with Crippen LogP contribution in [0.2, 0.25) is 0 Å². The Morgan fingerprint density at radius 1 is 1.31 bits per heavy atom. The van der Waals surface area contributed by atoms with Gasteiger partial charge in [-0.25, -0.2) is 0 Å². The van der Waals surface area contributed by atoms with Crippen LogP contribution in [0.15, 0.2) is 18.2 Å². The topological polar surface area (TPSA) is 105 Å². The van der Waals surface area contributed by atoms with E-state index < -0.39 is 6.04 Å². The van der Waals surface area contributed by atoms with E-state index in [2.05, 4.69) is 17.6 Å². The molecule has 138 valence electrons. The average Bonchev–Trinajstić information content (AvgIpc) is 2.89. The van der Waals surface area contributed by atoms with Crippen LogP contribution in [0.4, 0.5) is 0 Å². The van der Waals surface area contributed by atoms with E-state index in [1.807, 2.05) is 18.2 Å². The molecule has 1 aliphatic carbocycles. The van der Waals surface area contributed by atoms with Gasteiger partial charge < -0.3 is 16.0 Å². The molecular weight excluding hydrogens is 332 g/mol. The van der Waals surface area contributed by atoms with Gasteiger partial charge in [0.25, 0.3) is 5.91 Å². The lowest BCUT2D eigenvalue weighted by atomic mass is 9.74. The maximum Gasteiger partial charge on any atom is 0.255 e. The minimum Gasteiger partial charge on any atom is -0.328 e. The van der Waals surface area contributed by atoms with Gasteiger partial charge in [-0.3, -0.25) is 19.7 Å². The highest BCUT2D eigenvalue weighted by Gasteiger charge is 2.41. The molecule has 26 heavy (non-hydrogen) atoms. The third kappa shape index (κ3) is 2.91. The van der Waals surface area contributed by atoms with Crippen molar-refractivity contribution in [2.45, 2.75) is 63.3 Å². The van der Waals surface area contributed by atoms with E-state index in [9.17, 15) is 14.4 Å². The van der Waals surface area contributed by atoms with Crippen LogP contribution in [0.25, 0.3) is 0 Å². The zero-order valence-electron chi connectivity index (χ0n) is 14.9. The lowest BCUT2D eigenvalue weighted by molar-refractivity contribution is -0.136. The van der Waals surface area contributed by atoms with Gasteiger partial charge in [0.1, 0.15) is 6.04 Å². The second-order valence-electron chi connectivity index (χ2n) is 7.93. The van der Waals surface area contributed by atoms with E-state index in [4.69, 9.17) is 5.73 Å². The number of imide groups is 1. The number of hydrogen-bond donors (Lipinski definition) is 3. The Hall–Kier alpha value is -2.25. The highest BCUT2D eigenvalue weighted by atomic mass is 16.2. The number of nitrogens with one attached hydrogen (secondary N) is 2. The molecule has 0 bridgehead atoms. The number of fused-ring (bicyclic) bond motifs is 1. The van der Waals surface area contributed by atoms with Gasteiger partial charge in [0.05, 0.1) is 0 Å². The Bertz CT molecular complexity index is 785. The highest BCUT2D eigenvalue weighted by molar-refractivity contribution is 6.05. The number of nitrogens with two attached hydrogens (primary N) is 1. The van der Waals surface area contributed by atoms with E-state index >= 15 is 0 Å². The van der Waals surface area contributed by atoms with Crippen LogP contribution in [-0.4, -0.2) is 40.2 Å². The first kappa shape index (κ1) is 17.2. The lowest BCUT2D eigenvalue weighted by Gasteiger charge is -2.44. The normalized spacial score (nSPS) is 30.8. The van der Waals surface area contributed by atoms with Crippen LogP contribution in [0.1, 0.15) is 54.1 Å². The molecule has 7 nitrogen and oxygen atoms in total. The molecule has 4 rings (SSSR count). The van der Waals surface area contributed by atoms with E-state index in [0.29, 0.717) is 25.1 Å². The predicted octanol–water partition coefficient (Wildman–Crippen LogP) is 0.417. The number of piperidine rings is 1. The molecule has 1 saturated carbocycles. The molecule has 2 heterocycles. The van der Waals surface area contributed by atoms with Crippen LogP contribution in [-0.2, 0) is 22.7 Å². The maximum atomic E-state index is 12.8. The molecule has 3 amide bonds. The Morgan fingerprint density at radius 3 is 2.77 bits per heavy atom. The van der Waals surface area contributed by atoms with Crippen LogP contribution >= 0.6 is 0 Å². The van der Waals surface area contributed by atoms with E-state index in [1.54, 1.807) is 4.90 Å². The Balaban J connectivity index is 1.51.